The van der Waals surface area contributed by atoms with Gasteiger partial charge in [0.1, 0.15) is 17.6 Å². The molecule has 2 aromatic heterocycles. The Morgan fingerprint density at radius 3 is 2.53 bits per heavy atom. The molecule has 58 heavy (non-hydrogen) atoms. The summed E-state index contributed by atoms with van der Waals surface area (Å²) in [5, 5.41) is 4.96. The summed E-state index contributed by atoms with van der Waals surface area (Å²) in [5.41, 5.74) is -0.0533. The molecule has 0 spiro atoms. The Labute approximate surface area is 336 Å². The Bertz CT molecular complexity index is 2060. The molecule has 0 N–H and O–H groups in total. The van der Waals surface area contributed by atoms with Gasteiger partial charge in [0.2, 0.25) is 0 Å². The number of hydrogen-bond donors (Lipinski definition) is 0. The number of piperazine rings is 1. The number of ether oxygens (including phenoxy) is 4. The van der Waals surface area contributed by atoms with E-state index in [0.29, 0.717) is 67.2 Å². The van der Waals surface area contributed by atoms with Crippen molar-refractivity contribution in [1.82, 2.24) is 29.5 Å². The molecule has 7 heterocycles. The zero-order valence-corrected chi connectivity index (χ0v) is 34.2. The van der Waals surface area contributed by atoms with Crippen LogP contribution in [0.25, 0.3) is 10.9 Å². The third kappa shape index (κ3) is 7.50. The normalized spacial score (nSPS) is 28.6. The Hall–Kier alpha value is -3.76. The molecule has 16 heteroatoms. The monoisotopic (exact) mass is 813 g/mol. The van der Waals surface area contributed by atoms with Gasteiger partial charge in [-0.2, -0.15) is 28.2 Å². The molecule has 5 fully saturated rings. The number of hydrogen-bond acceptors (Lipinski definition) is 10. The zero-order valence-electron chi connectivity index (χ0n) is 34.2. The van der Waals surface area contributed by atoms with Crippen LogP contribution in [-0.2, 0) is 33.4 Å². The van der Waals surface area contributed by atoms with Crippen LogP contribution in [0.2, 0.25) is 0 Å². The smallest absolute Gasteiger partial charge is 0.417 e. The minimum Gasteiger partial charge on any atom is -0.463 e. The number of carbonyl (C=O) groups is 1. The van der Waals surface area contributed by atoms with E-state index in [4.69, 9.17) is 28.9 Å². The van der Waals surface area contributed by atoms with Gasteiger partial charge in [-0.3, -0.25) is 9.80 Å². The predicted octanol–water partition coefficient (Wildman–Crippen LogP) is 7.85. The molecule has 316 valence electrons. The largest absolute Gasteiger partial charge is 0.463 e. The lowest BCUT2D eigenvalue weighted by molar-refractivity contribution is -0.140. The molecule has 1 amide bonds. The van der Waals surface area contributed by atoms with Gasteiger partial charge in [0, 0.05) is 67.7 Å². The first-order valence-corrected chi connectivity index (χ1v) is 21.0. The van der Waals surface area contributed by atoms with Crippen molar-refractivity contribution in [3.05, 3.63) is 40.2 Å². The maximum Gasteiger partial charge on any atom is 0.417 e. The first-order chi connectivity index (χ1) is 27.5. The maximum atomic E-state index is 15.1. The summed E-state index contributed by atoms with van der Waals surface area (Å²) < 4.78 is 85.8. The first-order valence-electron chi connectivity index (χ1n) is 21.0. The first kappa shape index (κ1) is 39.7. The second-order valence-electron chi connectivity index (χ2n) is 18.9. The Morgan fingerprint density at radius 1 is 1.05 bits per heavy atom. The second-order valence-corrected chi connectivity index (χ2v) is 18.9. The standard InChI is InChI=1S/C42H55F4N7O5/c1-25-16-31-28(18-47-53(31)33-8-6-7-15-55-33)34(35(25)42(44,45)46)32-17-30-29(21-56-32)36(49-37(48-30)57-24-41(12-13-41)23-50-14-10-26(43)19-50)51-20-27-9-11-40(5,22-51)52(27)38(54)58-39(2,3)4/h16,18,26-27,32-33H,6-15,17,19-24H2,1-5H3/t26-,27-,32?,33?,40+/m1/s1. The fraction of sp³-hybridized carbons (Fsp3) is 0.714. The number of rotatable bonds is 8. The topological polar surface area (TPSA) is 107 Å². The van der Waals surface area contributed by atoms with Crippen LogP contribution in [-0.4, -0.2) is 105 Å². The van der Waals surface area contributed by atoms with E-state index in [2.05, 4.69) is 21.8 Å². The van der Waals surface area contributed by atoms with E-state index in [1.165, 1.54) is 13.1 Å². The summed E-state index contributed by atoms with van der Waals surface area (Å²) in [5.74, 6) is 0.609. The van der Waals surface area contributed by atoms with Crippen molar-refractivity contribution in [2.45, 2.75) is 141 Å². The third-order valence-corrected chi connectivity index (χ3v) is 13.1. The third-order valence-electron chi connectivity index (χ3n) is 13.1. The molecule has 5 aliphatic heterocycles. The highest BCUT2D eigenvalue weighted by Gasteiger charge is 2.53. The van der Waals surface area contributed by atoms with E-state index >= 15 is 13.2 Å². The van der Waals surface area contributed by atoms with Crippen molar-refractivity contribution in [3.8, 4) is 6.01 Å². The van der Waals surface area contributed by atoms with Gasteiger partial charge < -0.3 is 23.8 Å². The summed E-state index contributed by atoms with van der Waals surface area (Å²) in [6.07, 6.45) is 1.05. The molecule has 1 aromatic carbocycles. The van der Waals surface area contributed by atoms with Gasteiger partial charge in [-0.15, -0.1) is 0 Å². The second kappa shape index (κ2) is 14.5. The number of alkyl halides is 4. The van der Waals surface area contributed by atoms with Crippen LogP contribution >= 0.6 is 0 Å². The number of amides is 1. The molecule has 2 unspecified atom stereocenters. The van der Waals surface area contributed by atoms with Crippen molar-refractivity contribution < 1.29 is 41.3 Å². The van der Waals surface area contributed by atoms with E-state index in [1.54, 1.807) is 10.7 Å². The van der Waals surface area contributed by atoms with E-state index in [0.717, 1.165) is 58.0 Å². The van der Waals surface area contributed by atoms with Gasteiger partial charge in [-0.1, -0.05) is 0 Å². The highest BCUT2D eigenvalue weighted by Crippen LogP contribution is 2.49. The highest BCUT2D eigenvalue weighted by molar-refractivity contribution is 5.86. The molecule has 2 bridgehead atoms. The van der Waals surface area contributed by atoms with E-state index in [9.17, 15) is 9.18 Å². The molecule has 1 saturated carbocycles. The summed E-state index contributed by atoms with van der Waals surface area (Å²) in [6.45, 7) is 12.9. The summed E-state index contributed by atoms with van der Waals surface area (Å²) in [7, 11) is 0. The number of fused-ring (bicyclic) bond motifs is 4. The lowest BCUT2D eigenvalue weighted by atomic mass is 9.89. The molecule has 5 atom stereocenters. The Balaban J connectivity index is 1.07. The van der Waals surface area contributed by atoms with Gasteiger partial charge in [0.25, 0.3) is 0 Å². The van der Waals surface area contributed by atoms with Crippen LogP contribution in [0.1, 0.15) is 119 Å². The molecule has 0 radical (unpaired) electrons. The van der Waals surface area contributed by atoms with E-state index in [-0.39, 0.29) is 53.9 Å². The SMILES string of the molecule is Cc1cc2c(cnn2C2CCCCO2)c(C2Cc3nc(OCC4(CN5CC[C@@H](F)C5)CC4)nc(N4C[C@H]5CC[C@@](C)(C4)N5C(=O)OC(C)(C)C)c3CO2)c1C(F)(F)F. The molecular weight excluding hydrogens is 758 g/mol. The summed E-state index contributed by atoms with van der Waals surface area (Å²) >= 11 is 0. The maximum absolute atomic E-state index is 15.1. The van der Waals surface area contributed by atoms with Crippen LogP contribution < -0.4 is 9.64 Å². The number of anilines is 1. The van der Waals surface area contributed by atoms with Crippen molar-refractivity contribution >= 4 is 22.8 Å². The molecule has 1 aliphatic carbocycles. The van der Waals surface area contributed by atoms with Gasteiger partial charge >= 0.3 is 18.3 Å². The molecule has 12 nitrogen and oxygen atoms in total. The molecule has 9 rings (SSSR count). The Morgan fingerprint density at radius 2 is 1.86 bits per heavy atom. The minimum atomic E-state index is -4.65. The van der Waals surface area contributed by atoms with Gasteiger partial charge in [0.05, 0.1) is 53.9 Å². The van der Waals surface area contributed by atoms with Crippen molar-refractivity contribution in [2.24, 2.45) is 5.41 Å². The summed E-state index contributed by atoms with van der Waals surface area (Å²) in [4.78, 5) is 29.7. The van der Waals surface area contributed by atoms with Crippen molar-refractivity contribution in [3.63, 3.8) is 0 Å². The zero-order chi connectivity index (χ0) is 40.8. The average molecular weight is 814 g/mol. The number of aromatic nitrogens is 4. The number of halogens is 4. The van der Waals surface area contributed by atoms with Gasteiger partial charge in [0.15, 0.2) is 6.23 Å². The molecule has 6 aliphatic rings. The van der Waals surface area contributed by atoms with Crippen LogP contribution in [0.15, 0.2) is 12.3 Å². The fourth-order valence-electron chi connectivity index (χ4n) is 10.2. The molecular formula is C42H55F4N7O5. The minimum absolute atomic E-state index is 0.0147. The quantitative estimate of drug-likeness (QED) is 0.209. The molecule has 4 saturated heterocycles. The highest BCUT2D eigenvalue weighted by atomic mass is 19.4. The van der Waals surface area contributed by atoms with Crippen molar-refractivity contribution in [1.29, 1.82) is 0 Å². The van der Waals surface area contributed by atoms with Crippen molar-refractivity contribution in [2.75, 3.05) is 50.8 Å². The predicted molar refractivity (Wildman–Crippen MR) is 206 cm³/mol. The number of likely N-dealkylation sites (tertiary alicyclic amines) is 1. The number of benzene rings is 1. The lowest BCUT2D eigenvalue weighted by Crippen LogP contribution is -2.63. The van der Waals surface area contributed by atoms with Crippen LogP contribution in [0.3, 0.4) is 0 Å². The number of aryl methyl sites for hydroxylation is 1. The number of nitrogens with zero attached hydrogens (tertiary/aromatic N) is 7. The van der Waals surface area contributed by atoms with Crippen LogP contribution in [0, 0.1) is 12.3 Å². The van der Waals surface area contributed by atoms with E-state index in [1.807, 2.05) is 25.7 Å². The molecule has 3 aromatic rings. The lowest BCUT2D eigenvalue weighted by Gasteiger charge is -2.48. The Kier molecular flexibility index (Phi) is 9.89. The summed E-state index contributed by atoms with van der Waals surface area (Å²) in [6, 6.07) is 1.59. The number of carbonyl (C=O) groups excluding carboxylic acids is 1. The van der Waals surface area contributed by atoms with E-state index < -0.39 is 35.2 Å². The van der Waals surface area contributed by atoms with Crippen LogP contribution in [0.5, 0.6) is 6.01 Å². The van der Waals surface area contributed by atoms with Gasteiger partial charge in [-0.05, 0) is 97.6 Å². The van der Waals surface area contributed by atoms with Gasteiger partial charge in [-0.25, -0.2) is 13.9 Å². The fourth-order valence-corrected chi connectivity index (χ4v) is 10.2. The average Bonchev–Trinajstić information content (AvgIpc) is 3.47. The van der Waals surface area contributed by atoms with Crippen LogP contribution in [0.4, 0.5) is 28.2 Å².